The summed E-state index contributed by atoms with van der Waals surface area (Å²) in [6.45, 7) is 2.02. The van der Waals surface area contributed by atoms with Crippen molar-refractivity contribution < 1.29 is 14.3 Å². The number of aryl methyl sites for hydroxylation is 1. The average Bonchev–Trinajstić information content (AvgIpc) is 3.40. The number of carbonyl (C=O) groups excluding carboxylic acids is 2. The molecule has 0 spiro atoms. The summed E-state index contributed by atoms with van der Waals surface area (Å²) in [5.74, 6) is -1.27. The van der Waals surface area contributed by atoms with E-state index in [1.54, 1.807) is 0 Å². The average molecular weight is 439 g/mol. The number of esters is 1. The number of nitrogens with one attached hydrogen (secondary N) is 1. The van der Waals surface area contributed by atoms with Gasteiger partial charge in [0.1, 0.15) is 6.10 Å². The Labute approximate surface area is 177 Å². The molecule has 5 nitrogen and oxygen atoms in total. The second-order valence-corrected chi connectivity index (χ2v) is 8.92. The summed E-state index contributed by atoms with van der Waals surface area (Å²) in [5, 5.41) is 3.47. The van der Waals surface area contributed by atoms with Crippen LogP contribution in [0.4, 0.5) is 5.13 Å². The molecule has 1 N–H and O–H groups in total. The fourth-order valence-electron chi connectivity index (χ4n) is 4.18. The molecule has 2 aromatic rings. The highest BCUT2D eigenvalue weighted by Gasteiger charge is 2.52. The summed E-state index contributed by atoms with van der Waals surface area (Å²) in [6, 6.07) is 5.89. The second-order valence-electron chi connectivity index (χ2n) is 7.30. The number of ether oxygens (including phenoxy) is 1. The summed E-state index contributed by atoms with van der Waals surface area (Å²) >= 11 is 13.0. The number of amides is 1. The smallest absolute Gasteiger partial charge is 0.310 e. The van der Waals surface area contributed by atoms with Gasteiger partial charge >= 0.3 is 5.97 Å². The van der Waals surface area contributed by atoms with Crippen LogP contribution in [0.15, 0.2) is 30.4 Å². The van der Waals surface area contributed by atoms with Gasteiger partial charge in [-0.3, -0.25) is 9.59 Å². The molecular weight excluding hydrogens is 419 g/mol. The molecule has 1 heterocycles. The van der Waals surface area contributed by atoms with Gasteiger partial charge in [-0.2, -0.15) is 0 Å². The van der Waals surface area contributed by atoms with E-state index in [0.29, 0.717) is 5.13 Å². The Morgan fingerprint density at radius 1 is 1.25 bits per heavy atom. The van der Waals surface area contributed by atoms with Crippen LogP contribution in [0.2, 0.25) is 0 Å². The lowest BCUT2D eigenvalue weighted by atomic mass is 9.82. The van der Waals surface area contributed by atoms with Crippen molar-refractivity contribution in [3.05, 3.63) is 35.9 Å². The molecule has 2 aliphatic rings. The van der Waals surface area contributed by atoms with Gasteiger partial charge in [-0.25, -0.2) is 4.98 Å². The van der Waals surface area contributed by atoms with Gasteiger partial charge in [0.05, 0.1) is 33.8 Å². The number of allylic oxidation sites excluding steroid dienone is 2. The maximum atomic E-state index is 13.1. The molecule has 0 unspecified atom stereocenters. The first-order valence-corrected chi connectivity index (χ1v) is 11.1. The summed E-state index contributed by atoms with van der Waals surface area (Å²) in [6.07, 6.45) is 4.28. The second kappa shape index (κ2) is 8.01. The number of halogens is 2. The van der Waals surface area contributed by atoms with Crippen LogP contribution >= 0.6 is 34.5 Å². The van der Waals surface area contributed by atoms with Crippen LogP contribution in [-0.4, -0.2) is 34.7 Å². The van der Waals surface area contributed by atoms with Crippen molar-refractivity contribution in [1.29, 1.82) is 0 Å². The Morgan fingerprint density at radius 3 is 2.64 bits per heavy atom. The van der Waals surface area contributed by atoms with Crippen molar-refractivity contribution in [3.63, 3.8) is 0 Å². The lowest BCUT2D eigenvalue weighted by Crippen LogP contribution is -2.39. The number of thiazole rings is 1. The maximum absolute atomic E-state index is 13.1. The van der Waals surface area contributed by atoms with Gasteiger partial charge < -0.3 is 10.1 Å². The molecule has 1 saturated carbocycles. The summed E-state index contributed by atoms with van der Waals surface area (Å²) in [5.41, 5.74) is 1.98. The molecule has 0 radical (unpaired) electrons. The van der Waals surface area contributed by atoms with E-state index in [4.69, 9.17) is 27.9 Å². The van der Waals surface area contributed by atoms with E-state index in [-0.39, 0.29) is 29.5 Å². The molecule has 0 saturated heterocycles. The van der Waals surface area contributed by atoms with E-state index in [9.17, 15) is 9.59 Å². The zero-order valence-electron chi connectivity index (χ0n) is 15.2. The van der Waals surface area contributed by atoms with Gasteiger partial charge in [-0.1, -0.05) is 35.6 Å². The first-order chi connectivity index (χ1) is 13.5. The number of hydrogen-bond acceptors (Lipinski definition) is 5. The predicted molar refractivity (Wildman–Crippen MR) is 112 cm³/mol. The van der Waals surface area contributed by atoms with E-state index >= 15 is 0 Å². The van der Waals surface area contributed by atoms with Crippen molar-refractivity contribution >= 4 is 61.8 Å². The van der Waals surface area contributed by atoms with Crippen molar-refractivity contribution in [3.8, 4) is 0 Å². The standard InChI is InChI=1S/C20H20Cl2N2O3S/c1-10-3-2-4-14-17(10)28-20(23-14)24-18(25)15-11-5-6-12(7-11)16(15)19(26)27-13(8-21)9-22/h2-6,11-13,15-16H,7-9H2,1H3,(H,23,24,25)/t11-,12-,15+,16-/m0/s1. The minimum atomic E-state index is -0.546. The number of fused-ring (bicyclic) bond motifs is 3. The van der Waals surface area contributed by atoms with Crippen molar-refractivity contribution in [2.24, 2.45) is 23.7 Å². The molecule has 4 atom stereocenters. The Morgan fingerprint density at radius 2 is 1.96 bits per heavy atom. The van der Waals surface area contributed by atoms with Crippen molar-refractivity contribution in [1.82, 2.24) is 4.98 Å². The molecule has 1 aromatic heterocycles. The lowest BCUT2D eigenvalue weighted by molar-refractivity contribution is -0.156. The Bertz CT molecular complexity index is 941. The van der Waals surface area contributed by atoms with E-state index in [1.165, 1.54) is 11.3 Å². The fraction of sp³-hybridized carbons (Fsp3) is 0.450. The summed E-state index contributed by atoms with van der Waals surface area (Å²) in [7, 11) is 0. The molecule has 0 aliphatic heterocycles. The van der Waals surface area contributed by atoms with Gasteiger partial charge in [-0.15, -0.1) is 23.2 Å². The van der Waals surface area contributed by atoms with Crippen LogP contribution in [0.25, 0.3) is 10.2 Å². The quantitative estimate of drug-likeness (QED) is 0.412. The number of alkyl halides is 2. The highest BCUT2D eigenvalue weighted by atomic mass is 35.5. The van der Waals surface area contributed by atoms with Crippen LogP contribution in [0.1, 0.15) is 12.0 Å². The van der Waals surface area contributed by atoms with Gasteiger partial charge in [0.25, 0.3) is 0 Å². The Balaban J connectivity index is 1.53. The highest BCUT2D eigenvalue weighted by Crippen LogP contribution is 2.49. The molecule has 148 valence electrons. The summed E-state index contributed by atoms with van der Waals surface area (Å²) < 4.78 is 6.50. The fourth-order valence-corrected chi connectivity index (χ4v) is 5.57. The minimum absolute atomic E-state index is 0.0113. The topological polar surface area (TPSA) is 68.3 Å². The third-order valence-electron chi connectivity index (χ3n) is 5.50. The first-order valence-electron chi connectivity index (χ1n) is 9.19. The number of benzene rings is 1. The molecule has 1 aromatic carbocycles. The minimum Gasteiger partial charge on any atom is -0.460 e. The molecule has 2 aliphatic carbocycles. The number of hydrogen-bond donors (Lipinski definition) is 1. The van der Waals surface area contributed by atoms with Gasteiger partial charge in [0.2, 0.25) is 5.91 Å². The molecular formula is C20H20Cl2N2O3S. The maximum Gasteiger partial charge on any atom is 0.310 e. The highest BCUT2D eigenvalue weighted by molar-refractivity contribution is 7.22. The van der Waals surface area contributed by atoms with Crippen LogP contribution in [0.3, 0.4) is 0 Å². The Hall–Kier alpha value is -1.63. The summed E-state index contributed by atoms with van der Waals surface area (Å²) in [4.78, 5) is 30.3. The molecule has 2 bridgehead atoms. The number of nitrogens with zero attached hydrogens (tertiary/aromatic N) is 1. The number of carbonyl (C=O) groups is 2. The van der Waals surface area contributed by atoms with Crippen LogP contribution in [-0.2, 0) is 14.3 Å². The van der Waals surface area contributed by atoms with E-state index in [1.807, 2.05) is 37.3 Å². The molecule has 8 heteroatoms. The number of aromatic nitrogens is 1. The first kappa shape index (κ1) is 19.7. The molecule has 28 heavy (non-hydrogen) atoms. The normalized spacial score (nSPS) is 25.6. The lowest BCUT2D eigenvalue weighted by Gasteiger charge is -2.26. The number of anilines is 1. The van der Waals surface area contributed by atoms with Crippen LogP contribution in [0.5, 0.6) is 0 Å². The monoisotopic (exact) mass is 438 g/mol. The van der Waals surface area contributed by atoms with Crippen molar-refractivity contribution in [2.75, 3.05) is 17.1 Å². The zero-order valence-corrected chi connectivity index (χ0v) is 17.6. The van der Waals surface area contributed by atoms with E-state index < -0.39 is 23.9 Å². The van der Waals surface area contributed by atoms with E-state index in [0.717, 1.165) is 22.2 Å². The molecule has 1 amide bonds. The van der Waals surface area contributed by atoms with E-state index in [2.05, 4.69) is 10.3 Å². The zero-order chi connectivity index (χ0) is 19.8. The number of rotatable bonds is 6. The van der Waals surface area contributed by atoms with Crippen LogP contribution in [0, 0.1) is 30.6 Å². The predicted octanol–water partition coefficient (Wildman–Crippen LogP) is 4.37. The third-order valence-corrected chi connectivity index (χ3v) is 7.31. The molecule has 4 rings (SSSR count). The van der Waals surface area contributed by atoms with Gasteiger partial charge in [-0.05, 0) is 36.8 Å². The van der Waals surface area contributed by atoms with Crippen molar-refractivity contribution in [2.45, 2.75) is 19.4 Å². The van der Waals surface area contributed by atoms with Gasteiger partial charge in [0, 0.05) is 0 Å². The molecule has 1 fully saturated rings. The Kier molecular flexibility index (Phi) is 5.63. The SMILES string of the molecule is Cc1cccc2nc(NC(=O)[C@H]3[C@@H](C(=O)OC(CCl)CCl)[C@H]4C=C[C@H]3C4)sc12. The largest absolute Gasteiger partial charge is 0.460 e. The van der Waals surface area contributed by atoms with Crippen LogP contribution < -0.4 is 5.32 Å². The third kappa shape index (κ3) is 3.53. The van der Waals surface area contributed by atoms with Gasteiger partial charge in [0.15, 0.2) is 5.13 Å².